The summed E-state index contributed by atoms with van der Waals surface area (Å²) in [5.74, 6) is -0.0977. The summed E-state index contributed by atoms with van der Waals surface area (Å²) < 4.78 is 11.2. The molecule has 0 atom stereocenters. The van der Waals surface area contributed by atoms with Gasteiger partial charge in [0.25, 0.3) is 0 Å². The lowest BCUT2D eigenvalue weighted by atomic mass is 10.2. The van der Waals surface area contributed by atoms with Crippen LogP contribution >= 0.6 is 34.8 Å². The van der Waals surface area contributed by atoms with Crippen molar-refractivity contribution in [2.45, 2.75) is 13.0 Å². The van der Waals surface area contributed by atoms with Crippen LogP contribution in [0.2, 0.25) is 15.1 Å². The molecule has 3 aromatic rings. The summed E-state index contributed by atoms with van der Waals surface area (Å²) in [6.07, 6.45) is 0.982. The number of halogens is 3. The molecular weight excluding hydrogens is 501 g/mol. The maximum absolute atomic E-state index is 12.1. The zero-order valence-corrected chi connectivity index (χ0v) is 20.2. The number of hydrogen-bond acceptors (Lipinski definition) is 5. The molecule has 0 aliphatic heterocycles. The third kappa shape index (κ3) is 7.38. The second-order valence-electron chi connectivity index (χ2n) is 6.94. The van der Waals surface area contributed by atoms with E-state index < -0.39 is 18.2 Å². The predicted octanol–water partition coefficient (Wildman–Crippen LogP) is 5.71. The summed E-state index contributed by atoms with van der Waals surface area (Å²) in [4.78, 5) is 24.1. The van der Waals surface area contributed by atoms with Gasteiger partial charge in [-0.05, 0) is 53.6 Å². The monoisotopic (exact) mass is 519 g/mol. The standard InChI is InChI=1S/C24H20Cl3N3O4/c1-33-21-11-16(7-10-20(21)34-14-15-5-8-17(25)9-6-15)13-28-30-23(32)12-22(31)29-19-4-2-3-18(26)24(19)27/h2-11,13H,12,14H2,1H3,(H,29,31)(H,30,32). The lowest BCUT2D eigenvalue weighted by molar-refractivity contribution is -0.126. The molecule has 7 nitrogen and oxygen atoms in total. The molecule has 0 unspecified atom stereocenters. The van der Waals surface area contributed by atoms with Crippen molar-refractivity contribution >= 4 is 58.5 Å². The number of carbonyl (C=O) groups is 2. The summed E-state index contributed by atoms with van der Waals surface area (Å²) in [5.41, 5.74) is 4.24. The number of nitrogens with zero attached hydrogens (tertiary/aromatic N) is 1. The second kappa shape index (κ2) is 12.3. The van der Waals surface area contributed by atoms with Crippen molar-refractivity contribution in [3.63, 3.8) is 0 Å². The average molecular weight is 521 g/mol. The highest BCUT2D eigenvalue weighted by Gasteiger charge is 2.12. The summed E-state index contributed by atoms with van der Waals surface area (Å²) in [6.45, 7) is 0.347. The average Bonchev–Trinajstić information content (AvgIpc) is 2.82. The minimum atomic E-state index is -0.596. The molecule has 0 spiro atoms. The van der Waals surface area contributed by atoms with Gasteiger partial charge in [0.1, 0.15) is 13.0 Å². The Morgan fingerprint density at radius 2 is 1.74 bits per heavy atom. The topological polar surface area (TPSA) is 89.0 Å². The van der Waals surface area contributed by atoms with E-state index in [9.17, 15) is 9.59 Å². The number of amides is 2. The maximum atomic E-state index is 12.1. The van der Waals surface area contributed by atoms with Crippen molar-refractivity contribution in [2.24, 2.45) is 5.10 Å². The Morgan fingerprint density at radius 1 is 0.971 bits per heavy atom. The van der Waals surface area contributed by atoms with Gasteiger partial charge < -0.3 is 14.8 Å². The Labute approximate surface area is 211 Å². The maximum Gasteiger partial charge on any atom is 0.249 e. The highest BCUT2D eigenvalue weighted by Crippen LogP contribution is 2.30. The van der Waals surface area contributed by atoms with Crippen molar-refractivity contribution in [2.75, 3.05) is 12.4 Å². The number of benzene rings is 3. The van der Waals surface area contributed by atoms with E-state index >= 15 is 0 Å². The predicted molar refractivity (Wildman–Crippen MR) is 134 cm³/mol. The summed E-state index contributed by atoms with van der Waals surface area (Å²) in [5, 5.41) is 7.56. The Hall–Kier alpha value is -3.26. The number of nitrogens with one attached hydrogen (secondary N) is 2. The van der Waals surface area contributed by atoms with Crippen LogP contribution in [0.4, 0.5) is 5.69 Å². The zero-order valence-electron chi connectivity index (χ0n) is 18.0. The molecule has 10 heteroatoms. The molecule has 176 valence electrons. The molecule has 34 heavy (non-hydrogen) atoms. The summed E-state index contributed by atoms with van der Waals surface area (Å²) >= 11 is 17.8. The minimum absolute atomic E-state index is 0.200. The molecule has 0 heterocycles. The largest absolute Gasteiger partial charge is 0.493 e. The van der Waals surface area contributed by atoms with Crippen LogP contribution in [0.15, 0.2) is 65.8 Å². The van der Waals surface area contributed by atoms with Crippen molar-refractivity contribution in [1.29, 1.82) is 0 Å². The van der Waals surface area contributed by atoms with Crippen molar-refractivity contribution < 1.29 is 19.1 Å². The molecule has 0 fully saturated rings. The van der Waals surface area contributed by atoms with E-state index in [2.05, 4.69) is 15.8 Å². The molecule has 0 radical (unpaired) electrons. The number of ether oxygens (including phenoxy) is 2. The number of hydrazone groups is 1. The van der Waals surface area contributed by atoms with E-state index in [1.54, 1.807) is 48.5 Å². The lowest BCUT2D eigenvalue weighted by Gasteiger charge is -2.11. The Bertz CT molecular complexity index is 1200. The molecule has 3 rings (SSSR count). The highest BCUT2D eigenvalue weighted by molar-refractivity contribution is 6.44. The van der Waals surface area contributed by atoms with Gasteiger partial charge in [0.15, 0.2) is 11.5 Å². The zero-order chi connectivity index (χ0) is 24.5. The van der Waals surface area contributed by atoms with Crippen molar-refractivity contribution in [1.82, 2.24) is 5.43 Å². The highest BCUT2D eigenvalue weighted by atomic mass is 35.5. The van der Waals surface area contributed by atoms with Gasteiger partial charge in [-0.3, -0.25) is 9.59 Å². The van der Waals surface area contributed by atoms with E-state index in [1.165, 1.54) is 13.3 Å². The van der Waals surface area contributed by atoms with E-state index in [1.807, 2.05) is 12.1 Å². The summed E-state index contributed by atoms with van der Waals surface area (Å²) in [7, 11) is 1.53. The first-order chi connectivity index (χ1) is 16.4. The first-order valence-electron chi connectivity index (χ1n) is 9.96. The smallest absolute Gasteiger partial charge is 0.249 e. The van der Waals surface area contributed by atoms with E-state index in [0.29, 0.717) is 39.4 Å². The molecule has 0 aliphatic rings. The third-order valence-corrected chi connectivity index (χ3v) is 5.52. The van der Waals surface area contributed by atoms with Gasteiger partial charge in [0.2, 0.25) is 11.8 Å². The molecule has 3 aromatic carbocycles. The molecule has 2 N–H and O–H groups in total. The number of methoxy groups -OCH3 is 1. The Balaban J connectivity index is 1.52. The van der Waals surface area contributed by atoms with Crippen molar-refractivity contribution in [3.05, 3.63) is 86.9 Å². The van der Waals surface area contributed by atoms with Gasteiger partial charge in [0, 0.05) is 5.02 Å². The van der Waals surface area contributed by atoms with E-state index in [-0.39, 0.29) is 5.02 Å². The number of carbonyl (C=O) groups excluding carboxylic acids is 2. The van der Waals surface area contributed by atoms with Crippen LogP contribution in [-0.4, -0.2) is 25.1 Å². The van der Waals surface area contributed by atoms with Crippen LogP contribution in [-0.2, 0) is 16.2 Å². The Kier molecular flexibility index (Phi) is 9.16. The number of rotatable bonds is 9. The van der Waals surface area contributed by atoms with Gasteiger partial charge in [-0.25, -0.2) is 5.43 Å². The normalized spacial score (nSPS) is 10.7. The number of hydrogen-bond donors (Lipinski definition) is 2. The van der Waals surface area contributed by atoms with Crippen LogP contribution < -0.4 is 20.2 Å². The third-order valence-electron chi connectivity index (χ3n) is 4.44. The molecule has 0 saturated heterocycles. The van der Waals surface area contributed by atoms with Gasteiger partial charge in [-0.2, -0.15) is 5.10 Å². The number of anilines is 1. The fourth-order valence-electron chi connectivity index (χ4n) is 2.78. The fourth-order valence-corrected chi connectivity index (χ4v) is 3.26. The van der Waals surface area contributed by atoms with Gasteiger partial charge in [0.05, 0.1) is 29.1 Å². The van der Waals surface area contributed by atoms with Crippen molar-refractivity contribution in [3.8, 4) is 11.5 Å². The molecule has 0 aliphatic carbocycles. The molecule has 0 saturated carbocycles. The SMILES string of the molecule is COc1cc(C=NNC(=O)CC(=O)Nc2cccc(Cl)c2Cl)ccc1OCc1ccc(Cl)cc1. The van der Waals surface area contributed by atoms with E-state index in [4.69, 9.17) is 44.3 Å². The molecule has 2 amide bonds. The van der Waals surface area contributed by atoms with Crippen LogP contribution in [0.1, 0.15) is 17.5 Å². The second-order valence-corrected chi connectivity index (χ2v) is 8.17. The van der Waals surface area contributed by atoms with E-state index in [0.717, 1.165) is 5.56 Å². The first kappa shape index (κ1) is 25.4. The lowest BCUT2D eigenvalue weighted by Crippen LogP contribution is -2.24. The molecule has 0 bridgehead atoms. The first-order valence-corrected chi connectivity index (χ1v) is 11.1. The van der Waals surface area contributed by atoms with Gasteiger partial charge >= 0.3 is 0 Å². The molecular formula is C24H20Cl3N3O4. The fraction of sp³-hybridized carbons (Fsp3) is 0.125. The summed E-state index contributed by atoms with van der Waals surface area (Å²) in [6, 6.07) is 17.3. The Morgan fingerprint density at radius 3 is 2.47 bits per heavy atom. The van der Waals surface area contributed by atoms with Gasteiger partial charge in [-0.15, -0.1) is 0 Å². The molecule has 0 aromatic heterocycles. The van der Waals surface area contributed by atoms with Crippen LogP contribution in [0, 0.1) is 0 Å². The van der Waals surface area contributed by atoms with Gasteiger partial charge in [-0.1, -0.05) is 53.0 Å². The minimum Gasteiger partial charge on any atom is -0.493 e. The van der Waals surface area contributed by atoms with Crippen LogP contribution in [0.25, 0.3) is 0 Å². The quantitative estimate of drug-likeness (QED) is 0.215. The van der Waals surface area contributed by atoms with Crippen LogP contribution in [0.5, 0.6) is 11.5 Å². The van der Waals surface area contributed by atoms with Crippen LogP contribution in [0.3, 0.4) is 0 Å².